The molecule has 34 heavy (non-hydrogen) atoms. The smallest absolute Gasteiger partial charge is 0.319 e. The second kappa shape index (κ2) is 8.23. The van der Waals surface area contributed by atoms with Crippen LogP contribution in [-0.2, 0) is 6.18 Å². The highest BCUT2D eigenvalue weighted by atomic mass is 32.1. The van der Waals surface area contributed by atoms with Gasteiger partial charge in [0.1, 0.15) is 0 Å². The first-order valence-corrected chi connectivity index (χ1v) is 10.6. The van der Waals surface area contributed by atoms with E-state index in [-0.39, 0.29) is 28.3 Å². The van der Waals surface area contributed by atoms with Crippen LogP contribution < -0.4 is 10.9 Å². The summed E-state index contributed by atoms with van der Waals surface area (Å²) in [5.74, 6) is -0.720. The molecule has 0 radical (unpaired) electrons. The lowest BCUT2D eigenvalue weighted by Gasteiger charge is -2.09. The molecular formula is C22H13F3N6O2S. The van der Waals surface area contributed by atoms with E-state index in [1.807, 2.05) is 0 Å². The van der Waals surface area contributed by atoms with E-state index >= 15 is 0 Å². The Balaban J connectivity index is 1.54. The Morgan fingerprint density at radius 2 is 1.94 bits per heavy atom. The van der Waals surface area contributed by atoms with Crippen molar-refractivity contribution in [2.45, 2.75) is 6.18 Å². The number of H-pyrrole nitrogens is 1. The first-order valence-electron chi connectivity index (χ1n) is 9.77. The van der Waals surface area contributed by atoms with E-state index in [2.05, 4.69) is 25.4 Å². The third kappa shape index (κ3) is 4.06. The maximum atomic E-state index is 13.2. The highest BCUT2D eigenvalue weighted by Crippen LogP contribution is 2.32. The van der Waals surface area contributed by atoms with Crippen LogP contribution in [0.3, 0.4) is 0 Å². The molecule has 0 aliphatic rings. The molecule has 0 atom stereocenters. The Labute approximate surface area is 192 Å². The van der Waals surface area contributed by atoms with Crippen molar-refractivity contribution in [3.05, 3.63) is 88.0 Å². The Kier molecular flexibility index (Phi) is 5.21. The molecule has 0 aliphatic carbocycles. The lowest BCUT2D eigenvalue weighted by molar-refractivity contribution is -0.137. The molecule has 0 unspecified atom stereocenters. The lowest BCUT2D eigenvalue weighted by Crippen LogP contribution is -2.15. The highest BCUT2D eigenvalue weighted by molar-refractivity contribution is 7.13. The minimum absolute atomic E-state index is 0.105. The van der Waals surface area contributed by atoms with Gasteiger partial charge in [-0.05, 0) is 47.8 Å². The van der Waals surface area contributed by atoms with Crippen molar-refractivity contribution in [2.75, 3.05) is 5.32 Å². The molecule has 2 aromatic carbocycles. The fourth-order valence-electron chi connectivity index (χ4n) is 3.30. The van der Waals surface area contributed by atoms with Gasteiger partial charge in [-0.15, -0.1) is 16.4 Å². The molecule has 8 nitrogen and oxygen atoms in total. The fraction of sp³-hybridized carbons (Fsp3) is 0.0455. The fourth-order valence-corrected chi connectivity index (χ4v) is 4.00. The zero-order chi connectivity index (χ0) is 23.9. The van der Waals surface area contributed by atoms with Gasteiger partial charge in [0.15, 0.2) is 5.82 Å². The van der Waals surface area contributed by atoms with E-state index in [9.17, 15) is 22.8 Å². The summed E-state index contributed by atoms with van der Waals surface area (Å²) in [5.41, 5.74) is -0.350. The quantitative estimate of drug-likeness (QED) is 0.392. The van der Waals surface area contributed by atoms with Gasteiger partial charge in [-0.2, -0.15) is 13.2 Å². The molecule has 5 rings (SSSR count). The Hall–Kier alpha value is -4.32. The topological polar surface area (TPSA) is 106 Å². The highest BCUT2D eigenvalue weighted by Gasteiger charge is 2.31. The number of rotatable bonds is 4. The van der Waals surface area contributed by atoms with Crippen molar-refractivity contribution in [1.29, 1.82) is 0 Å². The number of carbonyl (C=O) groups is 1. The minimum Gasteiger partial charge on any atom is -0.319 e. The summed E-state index contributed by atoms with van der Waals surface area (Å²) in [6.07, 6.45) is -3.26. The number of hydrogen-bond acceptors (Lipinski definition) is 6. The SMILES string of the molecule is O=C(Nc1ccc2nc[nH]c(=O)c2c1)c1nc(-c2cccs2)n(-c2cccc(C(F)(F)F)c2)n1. The van der Waals surface area contributed by atoms with Gasteiger partial charge in [0, 0.05) is 5.69 Å². The standard InChI is InChI=1S/C22H13F3N6O2S/c23-22(24,25)12-3-1-4-14(9-12)31-19(17-5-2-8-34-17)29-18(30-31)21(33)28-13-6-7-16-15(10-13)20(32)27-11-26-16/h1-11H,(H,28,33)(H,26,27,32). The third-order valence-corrected chi connectivity index (χ3v) is 5.73. The predicted octanol–water partition coefficient (Wildman–Crippen LogP) is 4.50. The Morgan fingerprint density at radius 3 is 2.71 bits per heavy atom. The number of carbonyl (C=O) groups excluding carboxylic acids is 1. The largest absolute Gasteiger partial charge is 0.416 e. The van der Waals surface area contributed by atoms with Crippen LogP contribution in [0.15, 0.2) is 71.1 Å². The van der Waals surface area contributed by atoms with Crippen LogP contribution in [0.1, 0.15) is 16.2 Å². The van der Waals surface area contributed by atoms with Crippen molar-refractivity contribution in [3.63, 3.8) is 0 Å². The van der Waals surface area contributed by atoms with Crippen LogP contribution >= 0.6 is 11.3 Å². The van der Waals surface area contributed by atoms with Gasteiger partial charge in [-0.3, -0.25) is 9.59 Å². The first kappa shape index (κ1) is 21.5. The number of aromatic nitrogens is 5. The minimum atomic E-state index is -4.54. The van der Waals surface area contributed by atoms with Gasteiger partial charge in [0.2, 0.25) is 5.82 Å². The lowest BCUT2D eigenvalue weighted by atomic mass is 10.2. The molecule has 0 spiro atoms. The van der Waals surface area contributed by atoms with Gasteiger partial charge < -0.3 is 10.3 Å². The number of nitrogens with one attached hydrogen (secondary N) is 2. The molecule has 2 N–H and O–H groups in total. The molecule has 12 heteroatoms. The number of amides is 1. The zero-order valence-corrected chi connectivity index (χ0v) is 17.8. The van der Waals surface area contributed by atoms with E-state index in [1.165, 1.54) is 40.5 Å². The number of alkyl halides is 3. The van der Waals surface area contributed by atoms with Crippen molar-refractivity contribution in [1.82, 2.24) is 24.7 Å². The summed E-state index contributed by atoms with van der Waals surface area (Å²) in [6, 6.07) is 12.7. The van der Waals surface area contributed by atoms with Crippen LogP contribution in [0.5, 0.6) is 0 Å². The summed E-state index contributed by atoms with van der Waals surface area (Å²) < 4.78 is 40.9. The molecule has 5 aromatic rings. The number of fused-ring (bicyclic) bond motifs is 1. The summed E-state index contributed by atoms with van der Waals surface area (Å²) in [7, 11) is 0. The average Bonchev–Trinajstić information content (AvgIpc) is 3.49. The number of benzene rings is 2. The summed E-state index contributed by atoms with van der Waals surface area (Å²) >= 11 is 1.30. The summed E-state index contributed by atoms with van der Waals surface area (Å²) in [5, 5.41) is 8.86. The molecule has 0 saturated heterocycles. The summed E-state index contributed by atoms with van der Waals surface area (Å²) in [6.45, 7) is 0. The normalized spacial score (nSPS) is 11.6. The second-order valence-corrected chi connectivity index (χ2v) is 8.06. The van der Waals surface area contributed by atoms with Gasteiger partial charge >= 0.3 is 6.18 Å². The van der Waals surface area contributed by atoms with Gasteiger partial charge in [-0.1, -0.05) is 12.1 Å². The van der Waals surface area contributed by atoms with Gasteiger partial charge in [-0.25, -0.2) is 14.6 Å². The molecule has 0 fully saturated rings. The second-order valence-electron chi connectivity index (χ2n) is 7.11. The van der Waals surface area contributed by atoms with Gasteiger partial charge in [0.25, 0.3) is 11.5 Å². The molecule has 170 valence electrons. The van der Waals surface area contributed by atoms with Crippen LogP contribution in [0, 0.1) is 0 Å². The molecule has 3 heterocycles. The number of aromatic amines is 1. The average molecular weight is 482 g/mol. The van der Waals surface area contributed by atoms with Crippen molar-refractivity contribution >= 4 is 33.8 Å². The van der Waals surface area contributed by atoms with Crippen LogP contribution in [0.4, 0.5) is 18.9 Å². The van der Waals surface area contributed by atoms with E-state index < -0.39 is 17.6 Å². The van der Waals surface area contributed by atoms with E-state index in [0.717, 1.165) is 12.1 Å². The monoisotopic (exact) mass is 482 g/mol. The number of anilines is 1. The van der Waals surface area contributed by atoms with Crippen molar-refractivity contribution in [2.24, 2.45) is 0 Å². The maximum absolute atomic E-state index is 13.2. The first-order chi connectivity index (χ1) is 16.3. The van der Waals surface area contributed by atoms with E-state index in [1.54, 1.807) is 29.6 Å². The Bertz CT molecular complexity index is 1570. The molecule has 1 amide bonds. The number of halogens is 3. The van der Waals surface area contributed by atoms with E-state index in [4.69, 9.17) is 0 Å². The molecule has 0 saturated carbocycles. The zero-order valence-electron chi connectivity index (χ0n) is 17.0. The molecule has 3 aromatic heterocycles. The number of hydrogen-bond donors (Lipinski definition) is 2. The number of thiophene rings is 1. The number of nitrogens with zero attached hydrogens (tertiary/aromatic N) is 4. The Morgan fingerprint density at radius 1 is 1.09 bits per heavy atom. The predicted molar refractivity (Wildman–Crippen MR) is 120 cm³/mol. The third-order valence-electron chi connectivity index (χ3n) is 4.87. The summed E-state index contributed by atoms with van der Waals surface area (Å²) in [4.78, 5) is 36.3. The molecule has 0 bridgehead atoms. The van der Waals surface area contributed by atoms with E-state index in [0.29, 0.717) is 16.1 Å². The molecular weight excluding hydrogens is 469 g/mol. The maximum Gasteiger partial charge on any atom is 0.416 e. The van der Waals surface area contributed by atoms with Crippen molar-refractivity contribution < 1.29 is 18.0 Å². The van der Waals surface area contributed by atoms with Crippen LogP contribution in [0.25, 0.3) is 27.3 Å². The van der Waals surface area contributed by atoms with Gasteiger partial charge in [0.05, 0.1) is 33.4 Å². The van der Waals surface area contributed by atoms with Crippen LogP contribution in [-0.4, -0.2) is 30.6 Å². The molecule has 0 aliphatic heterocycles. The van der Waals surface area contributed by atoms with Crippen molar-refractivity contribution in [3.8, 4) is 16.4 Å². The van der Waals surface area contributed by atoms with Crippen LogP contribution in [0.2, 0.25) is 0 Å².